The molecule has 4 aromatic rings. The van der Waals surface area contributed by atoms with Gasteiger partial charge in [-0.05, 0) is 56.9 Å². The van der Waals surface area contributed by atoms with Crippen molar-refractivity contribution >= 4 is 22.8 Å². The standard InChI is InChI=1S/C30H33N5O2/c1-29(2,3)35(28(36)37)30(16-7-8-17-30)22-13-11-21(12-14-22)26-23(20-9-5-4-6-10-20)19-24-25(33-26)15-18-32-27(24)34-31/h4-6,9-15,18-19H,7-8,16-17,31H2,1-3H3,(H,32,34)(H,36,37). The summed E-state index contributed by atoms with van der Waals surface area (Å²) in [5.41, 5.74) is 7.29. The number of aromatic nitrogens is 2. The van der Waals surface area contributed by atoms with Gasteiger partial charge in [-0.2, -0.15) is 0 Å². The molecule has 0 spiro atoms. The van der Waals surface area contributed by atoms with Gasteiger partial charge in [-0.3, -0.25) is 4.90 Å². The highest BCUT2D eigenvalue weighted by atomic mass is 16.4. The number of anilines is 1. The van der Waals surface area contributed by atoms with E-state index in [1.54, 1.807) is 11.1 Å². The number of carboxylic acid groups (broad SMARTS) is 1. The van der Waals surface area contributed by atoms with Crippen LogP contribution in [0.25, 0.3) is 33.3 Å². The first-order valence-corrected chi connectivity index (χ1v) is 12.7. The van der Waals surface area contributed by atoms with Crippen molar-refractivity contribution in [1.82, 2.24) is 14.9 Å². The molecule has 0 bridgehead atoms. The van der Waals surface area contributed by atoms with Crippen molar-refractivity contribution in [2.75, 3.05) is 5.43 Å². The second-order valence-corrected chi connectivity index (χ2v) is 10.7. The second-order valence-electron chi connectivity index (χ2n) is 10.7. The summed E-state index contributed by atoms with van der Waals surface area (Å²) in [6, 6.07) is 22.4. The van der Waals surface area contributed by atoms with Crippen molar-refractivity contribution in [3.63, 3.8) is 0 Å². The lowest BCUT2D eigenvalue weighted by molar-refractivity contribution is 0.0155. The monoisotopic (exact) mass is 495 g/mol. The Hall–Kier alpha value is -3.97. The van der Waals surface area contributed by atoms with Crippen LogP contribution in [0.5, 0.6) is 0 Å². The molecule has 37 heavy (non-hydrogen) atoms. The van der Waals surface area contributed by atoms with Crippen LogP contribution in [0.4, 0.5) is 10.6 Å². The summed E-state index contributed by atoms with van der Waals surface area (Å²) in [6.07, 6.45) is 4.48. The number of pyridine rings is 2. The summed E-state index contributed by atoms with van der Waals surface area (Å²) in [6.45, 7) is 5.92. The first-order chi connectivity index (χ1) is 17.7. The predicted octanol–water partition coefficient (Wildman–Crippen LogP) is 6.80. The number of nitrogens with one attached hydrogen (secondary N) is 1. The molecule has 7 heteroatoms. The van der Waals surface area contributed by atoms with Gasteiger partial charge in [-0.25, -0.2) is 20.6 Å². The Kier molecular flexibility index (Phi) is 6.33. The van der Waals surface area contributed by atoms with Crippen molar-refractivity contribution in [1.29, 1.82) is 0 Å². The lowest BCUT2D eigenvalue weighted by atomic mass is 9.82. The number of fused-ring (bicyclic) bond motifs is 1. The number of nitrogen functional groups attached to an aromatic ring is 1. The molecule has 190 valence electrons. The van der Waals surface area contributed by atoms with Crippen LogP contribution in [0, 0.1) is 0 Å². The van der Waals surface area contributed by atoms with Crippen LogP contribution in [0.15, 0.2) is 72.9 Å². The van der Waals surface area contributed by atoms with Crippen LogP contribution in [0.1, 0.15) is 52.0 Å². The average Bonchev–Trinajstić information content (AvgIpc) is 3.37. The van der Waals surface area contributed by atoms with E-state index in [4.69, 9.17) is 10.8 Å². The van der Waals surface area contributed by atoms with E-state index < -0.39 is 17.2 Å². The van der Waals surface area contributed by atoms with Crippen molar-refractivity contribution in [3.8, 4) is 22.4 Å². The van der Waals surface area contributed by atoms with Gasteiger partial charge in [0.15, 0.2) is 0 Å². The average molecular weight is 496 g/mol. The third-order valence-electron chi connectivity index (χ3n) is 7.38. The van der Waals surface area contributed by atoms with E-state index in [-0.39, 0.29) is 0 Å². The highest BCUT2D eigenvalue weighted by Gasteiger charge is 2.48. The molecule has 1 saturated carbocycles. The van der Waals surface area contributed by atoms with Crippen molar-refractivity contribution in [3.05, 3.63) is 78.5 Å². The smallest absolute Gasteiger partial charge is 0.408 e. The topological polar surface area (TPSA) is 104 Å². The fourth-order valence-electron chi connectivity index (χ4n) is 5.92. The molecule has 1 aliphatic carbocycles. The summed E-state index contributed by atoms with van der Waals surface area (Å²) >= 11 is 0. The molecule has 2 heterocycles. The molecule has 0 radical (unpaired) electrons. The minimum atomic E-state index is -0.876. The van der Waals surface area contributed by atoms with E-state index in [2.05, 4.69) is 52.9 Å². The number of amides is 1. The molecule has 2 aromatic carbocycles. The maximum atomic E-state index is 12.5. The molecule has 1 aliphatic rings. The Morgan fingerprint density at radius 2 is 1.68 bits per heavy atom. The first kappa shape index (κ1) is 24.7. The van der Waals surface area contributed by atoms with E-state index in [1.807, 2.05) is 45.0 Å². The number of hydrogen-bond acceptors (Lipinski definition) is 5. The normalized spacial score (nSPS) is 15.0. The molecule has 4 N–H and O–H groups in total. The molecule has 0 atom stereocenters. The van der Waals surface area contributed by atoms with Crippen LogP contribution >= 0.6 is 0 Å². The highest BCUT2D eigenvalue weighted by Crippen LogP contribution is 2.47. The van der Waals surface area contributed by atoms with Crippen LogP contribution in [0.2, 0.25) is 0 Å². The van der Waals surface area contributed by atoms with Gasteiger partial charge >= 0.3 is 6.09 Å². The third kappa shape index (κ3) is 4.40. The molecule has 0 aliphatic heterocycles. The molecule has 0 unspecified atom stereocenters. The minimum Gasteiger partial charge on any atom is -0.465 e. The molecule has 5 rings (SSSR count). The van der Waals surface area contributed by atoms with Crippen molar-refractivity contribution in [2.24, 2.45) is 5.84 Å². The maximum absolute atomic E-state index is 12.5. The van der Waals surface area contributed by atoms with E-state index in [0.29, 0.717) is 5.82 Å². The number of rotatable bonds is 5. The first-order valence-electron chi connectivity index (χ1n) is 12.7. The third-order valence-corrected chi connectivity index (χ3v) is 7.38. The van der Waals surface area contributed by atoms with Gasteiger partial charge in [0.05, 0.1) is 16.7 Å². The molecule has 1 fully saturated rings. The fourth-order valence-corrected chi connectivity index (χ4v) is 5.92. The number of hydrazine groups is 1. The number of nitrogens with zero attached hydrogens (tertiary/aromatic N) is 3. The zero-order valence-electron chi connectivity index (χ0n) is 21.5. The van der Waals surface area contributed by atoms with Gasteiger partial charge in [-0.1, -0.05) is 67.4 Å². The van der Waals surface area contributed by atoms with E-state index in [9.17, 15) is 9.90 Å². The Balaban J connectivity index is 1.65. The molecular formula is C30H33N5O2. The Labute approximate surface area is 217 Å². The largest absolute Gasteiger partial charge is 0.465 e. The predicted molar refractivity (Wildman–Crippen MR) is 148 cm³/mol. The summed E-state index contributed by atoms with van der Waals surface area (Å²) in [4.78, 5) is 23.5. The molecule has 1 amide bonds. The summed E-state index contributed by atoms with van der Waals surface area (Å²) in [5.74, 6) is 6.31. The van der Waals surface area contributed by atoms with Crippen LogP contribution < -0.4 is 11.3 Å². The van der Waals surface area contributed by atoms with E-state index >= 15 is 0 Å². The van der Waals surface area contributed by atoms with Gasteiger partial charge in [0, 0.05) is 28.2 Å². The summed E-state index contributed by atoms with van der Waals surface area (Å²) in [7, 11) is 0. The molecule has 7 nitrogen and oxygen atoms in total. The van der Waals surface area contributed by atoms with Gasteiger partial charge in [-0.15, -0.1) is 0 Å². The number of hydrogen-bond donors (Lipinski definition) is 3. The fraction of sp³-hybridized carbons (Fsp3) is 0.300. The van der Waals surface area contributed by atoms with Crippen molar-refractivity contribution < 1.29 is 9.90 Å². The molecule has 0 saturated heterocycles. The highest BCUT2D eigenvalue weighted by molar-refractivity contribution is 5.96. The van der Waals surface area contributed by atoms with Gasteiger partial charge in [0.25, 0.3) is 0 Å². The second kappa shape index (κ2) is 9.48. The zero-order valence-corrected chi connectivity index (χ0v) is 21.5. The van der Waals surface area contributed by atoms with Crippen LogP contribution in [0.3, 0.4) is 0 Å². The Morgan fingerprint density at radius 3 is 2.27 bits per heavy atom. The van der Waals surface area contributed by atoms with Gasteiger partial charge in [0.2, 0.25) is 0 Å². The lowest BCUT2D eigenvalue weighted by Crippen LogP contribution is -2.56. The number of carbonyl (C=O) groups is 1. The summed E-state index contributed by atoms with van der Waals surface area (Å²) < 4.78 is 0. The van der Waals surface area contributed by atoms with Crippen LogP contribution in [-0.4, -0.2) is 31.6 Å². The molecule has 2 aromatic heterocycles. The quantitative estimate of drug-likeness (QED) is 0.208. The zero-order chi connectivity index (χ0) is 26.2. The van der Waals surface area contributed by atoms with E-state index in [0.717, 1.165) is 64.5 Å². The summed E-state index contributed by atoms with van der Waals surface area (Å²) in [5, 5.41) is 11.1. The SMILES string of the molecule is CC(C)(C)N(C(=O)O)C1(c2ccc(-c3nc4ccnc(NN)c4cc3-c3ccccc3)cc2)CCCC1. The Bertz CT molecular complexity index is 1420. The number of nitrogens with two attached hydrogens (primary N) is 1. The van der Waals surface area contributed by atoms with E-state index in [1.165, 1.54) is 0 Å². The van der Waals surface area contributed by atoms with Crippen molar-refractivity contribution in [2.45, 2.75) is 57.5 Å². The maximum Gasteiger partial charge on any atom is 0.408 e. The van der Waals surface area contributed by atoms with Crippen LogP contribution in [-0.2, 0) is 5.54 Å². The number of benzene rings is 2. The lowest BCUT2D eigenvalue weighted by Gasteiger charge is -2.47. The minimum absolute atomic E-state index is 0.516. The van der Waals surface area contributed by atoms with Gasteiger partial charge in [0.1, 0.15) is 5.82 Å². The van der Waals surface area contributed by atoms with Gasteiger partial charge < -0.3 is 10.5 Å². The molecular weight excluding hydrogens is 462 g/mol. The Morgan fingerprint density at radius 1 is 1.00 bits per heavy atom.